The van der Waals surface area contributed by atoms with Crippen LogP contribution in [-0.4, -0.2) is 37.5 Å². The number of pyridine rings is 1. The van der Waals surface area contributed by atoms with Gasteiger partial charge in [-0.3, -0.25) is 4.98 Å². The second-order valence-corrected chi connectivity index (χ2v) is 6.13. The van der Waals surface area contributed by atoms with Gasteiger partial charge in [0.2, 0.25) is 0 Å². The fourth-order valence-corrected chi connectivity index (χ4v) is 3.12. The summed E-state index contributed by atoms with van der Waals surface area (Å²) in [5.74, 6) is 2.29. The summed E-state index contributed by atoms with van der Waals surface area (Å²) in [6, 6.07) is 9.95. The van der Waals surface area contributed by atoms with Crippen LogP contribution in [0.1, 0.15) is 11.1 Å². The van der Waals surface area contributed by atoms with Crippen molar-refractivity contribution in [2.45, 2.75) is 13.8 Å². The van der Waals surface area contributed by atoms with Crippen LogP contribution in [0, 0.1) is 13.8 Å². The smallest absolute Gasteiger partial charge is 0.131 e. The summed E-state index contributed by atoms with van der Waals surface area (Å²) < 4.78 is 16.4. The number of hydrogen-bond donors (Lipinski definition) is 1. The summed E-state index contributed by atoms with van der Waals surface area (Å²) >= 11 is 0. The summed E-state index contributed by atoms with van der Waals surface area (Å²) in [6.07, 6.45) is 1.82. The van der Waals surface area contributed by atoms with E-state index in [0.717, 1.165) is 50.4 Å². The Hall–Kier alpha value is -2.79. The second-order valence-electron chi connectivity index (χ2n) is 6.13. The Balaban J connectivity index is 2.08. The van der Waals surface area contributed by atoms with Crippen LogP contribution in [0.3, 0.4) is 0 Å². The quantitative estimate of drug-likeness (QED) is 0.728. The molecule has 0 amide bonds. The van der Waals surface area contributed by atoms with Gasteiger partial charge in [-0.1, -0.05) is 0 Å². The van der Waals surface area contributed by atoms with Gasteiger partial charge in [0.05, 0.1) is 26.5 Å². The predicted octanol–water partition coefficient (Wildman–Crippen LogP) is 3.91. The average molecular weight is 353 g/mol. The lowest BCUT2D eigenvalue weighted by Crippen LogP contribution is -2.04. The van der Waals surface area contributed by atoms with Gasteiger partial charge in [0, 0.05) is 23.2 Å². The van der Waals surface area contributed by atoms with Crippen LogP contribution in [0.2, 0.25) is 0 Å². The first-order valence-corrected chi connectivity index (χ1v) is 8.44. The zero-order valence-corrected chi connectivity index (χ0v) is 15.5. The molecular weight excluding hydrogens is 330 g/mol. The van der Waals surface area contributed by atoms with Crippen LogP contribution in [0.4, 0.5) is 0 Å². The van der Waals surface area contributed by atoms with Crippen molar-refractivity contribution in [3.05, 3.63) is 47.7 Å². The maximum atomic E-state index is 8.97. The fraction of sp³-hybridized carbons (Fsp3) is 0.286. The van der Waals surface area contributed by atoms with Crippen molar-refractivity contribution >= 4 is 10.8 Å². The monoisotopic (exact) mass is 353 g/mol. The highest BCUT2D eigenvalue weighted by Gasteiger charge is 2.11. The maximum absolute atomic E-state index is 8.97. The summed E-state index contributed by atoms with van der Waals surface area (Å²) in [6.45, 7) is 4.28. The lowest BCUT2D eigenvalue weighted by Gasteiger charge is -2.14. The zero-order chi connectivity index (χ0) is 18.7. The highest BCUT2D eigenvalue weighted by molar-refractivity contribution is 5.91. The molecule has 2 aromatic carbocycles. The van der Waals surface area contributed by atoms with Gasteiger partial charge in [-0.05, 0) is 54.6 Å². The molecule has 0 spiro atoms. The molecule has 3 aromatic rings. The van der Waals surface area contributed by atoms with Gasteiger partial charge < -0.3 is 19.3 Å². The van der Waals surface area contributed by atoms with E-state index in [2.05, 4.69) is 4.98 Å². The van der Waals surface area contributed by atoms with Crippen molar-refractivity contribution in [3.63, 3.8) is 0 Å². The van der Waals surface area contributed by atoms with Crippen molar-refractivity contribution in [2.24, 2.45) is 0 Å². The van der Waals surface area contributed by atoms with E-state index >= 15 is 0 Å². The number of aliphatic hydroxyl groups excluding tert-OH is 1. The van der Waals surface area contributed by atoms with Gasteiger partial charge in [-0.25, -0.2) is 0 Å². The van der Waals surface area contributed by atoms with Crippen molar-refractivity contribution in [1.82, 2.24) is 4.98 Å². The highest BCUT2D eigenvalue weighted by atomic mass is 16.5. The third-order valence-corrected chi connectivity index (χ3v) is 4.32. The Morgan fingerprint density at radius 3 is 2.31 bits per heavy atom. The Kier molecular flexibility index (Phi) is 5.28. The van der Waals surface area contributed by atoms with Crippen LogP contribution >= 0.6 is 0 Å². The van der Waals surface area contributed by atoms with Crippen molar-refractivity contribution < 1.29 is 19.3 Å². The minimum atomic E-state index is -0.00345. The molecule has 1 heterocycles. The number of rotatable bonds is 6. The molecule has 136 valence electrons. The minimum absolute atomic E-state index is 0.00345. The third kappa shape index (κ3) is 3.44. The summed E-state index contributed by atoms with van der Waals surface area (Å²) in [4.78, 5) is 4.61. The van der Waals surface area contributed by atoms with E-state index in [9.17, 15) is 0 Å². The molecule has 0 bridgehead atoms. The number of aliphatic hydroxyl groups is 1. The summed E-state index contributed by atoms with van der Waals surface area (Å²) in [5.41, 5.74) is 3.91. The van der Waals surface area contributed by atoms with E-state index in [4.69, 9.17) is 19.3 Å². The number of aryl methyl sites for hydroxylation is 2. The van der Waals surface area contributed by atoms with Crippen molar-refractivity contribution in [3.8, 4) is 28.5 Å². The van der Waals surface area contributed by atoms with Crippen LogP contribution in [0.5, 0.6) is 17.2 Å². The van der Waals surface area contributed by atoms with Crippen molar-refractivity contribution in [2.75, 3.05) is 27.4 Å². The van der Waals surface area contributed by atoms with Crippen molar-refractivity contribution in [1.29, 1.82) is 0 Å². The molecule has 0 saturated heterocycles. The number of benzene rings is 2. The van der Waals surface area contributed by atoms with Crippen LogP contribution in [0.15, 0.2) is 36.5 Å². The Morgan fingerprint density at radius 2 is 1.69 bits per heavy atom. The van der Waals surface area contributed by atoms with Gasteiger partial charge in [0.1, 0.15) is 23.9 Å². The molecule has 0 aliphatic carbocycles. The highest BCUT2D eigenvalue weighted by Crippen LogP contribution is 2.34. The van der Waals surface area contributed by atoms with E-state index in [1.54, 1.807) is 14.2 Å². The molecule has 0 atom stereocenters. The zero-order valence-electron chi connectivity index (χ0n) is 15.5. The Labute approximate surface area is 153 Å². The minimum Gasteiger partial charge on any atom is -0.497 e. The standard InChI is InChI=1S/C21H23NO4/c1-13-7-16(8-14(2)21(13)26-6-5-23)19-10-15-9-17(24-3)11-20(25-4)18(15)12-22-19/h7-12,23H,5-6H2,1-4H3. The number of aromatic nitrogens is 1. The molecule has 0 saturated carbocycles. The lowest BCUT2D eigenvalue weighted by molar-refractivity contribution is 0.200. The lowest BCUT2D eigenvalue weighted by atomic mass is 10.0. The molecule has 0 unspecified atom stereocenters. The summed E-state index contributed by atoms with van der Waals surface area (Å²) in [5, 5.41) is 10.9. The number of ether oxygens (including phenoxy) is 3. The number of fused-ring (bicyclic) bond motifs is 1. The molecule has 1 N–H and O–H groups in total. The fourth-order valence-electron chi connectivity index (χ4n) is 3.12. The van der Waals surface area contributed by atoms with Crippen LogP contribution in [0.25, 0.3) is 22.0 Å². The molecule has 5 nitrogen and oxygen atoms in total. The molecule has 0 aliphatic rings. The van der Waals surface area contributed by atoms with E-state index in [0.29, 0.717) is 0 Å². The molecule has 26 heavy (non-hydrogen) atoms. The van der Waals surface area contributed by atoms with Gasteiger partial charge >= 0.3 is 0 Å². The van der Waals surface area contributed by atoms with E-state index < -0.39 is 0 Å². The average Bonchev–Trinajstić information content (AvgIpc) is 2.65. The molecule has 0 radical (unpaired) electrons. The Bertz CT molecular complexity index is 914. The van der Waals surface area contributed by atoms with E-state index in [1.807, 2.05) is 50.4 Å². The SMILES string of the molecule is COc1cc(OC)c2cnc(-c3cc(C)c(OCCO)c(C)c3)cc2c1. The topological polar surface area (TPSA) is 60.8 Å². The predicted molar refractivity (Wildman–Crippen MR) is 102 cm³/mol. The van der Waals surface area contributed by atoms with Gasteiger partial charge in [-0.2, -0.15) is 0 Å². The molecule has 1 aromatic heterocycles. The number of hydrogen-bond acceptors (Lipinski definition) is 5. The van der Waals surface area contributed by atoms with Crippen LogP contribution in [-0.2, 0) is 0 Å². The number of methoxy groups -OCH3 is 2. The third-order valence-electron chi connectivity index (χ3n) is 4.32. The van der Waals surface area contributed by atoms with E-state index in [1.165, 1.54) is 0 Å². The summed E-state index contributed by atoms with van der Waals surface area (Å²) in [7, 11) is 3.28. The first-order valence-electron chi connectivity index (χ1n) is 8.44. The molecular formula is C21H23NO4. The second kappa shape index (κ2) is 7.62. The normalized spacial score (nSPS) is 10.8. The van der Waals surface area contributed by atoms with Gasteiger partial charge in [0.25, 0.3) is 0 Å². The Morgan fingerprint density at radius 1 is 0.962 bits per heavy atom. The first-order chi connectivity index (χ1) is 12.6. The largest absolute Gasteiger partial charge is 0.497 e. The van der Waals surface area contributed by atoms with Crippen LogP contribution < -0.4 is 14.2 Å². The first kappa shape index (κ1) is 18.0. The number of nitrogens with zero attached hydrogens (tertiary/aromatic N) is 1. The maximum Gasteiger partial charge on any atom is 0.131 e. The molecule has 5 heteroatoms. The van der Waals surface area contributed by atoms with Gasteiger partial charge in [-0.15, -0.1) is 0 Å². The molecule has 3 rings (SSSR count). The van der Waals surface area contributed by atoms with E-state index in [-0.39, 0.29) is 13.2 Å². The molecule has 0 aliphatic heterocycles. The van der Waals surface area contributed by atoms with Gasteiger partial charge in [0.15, 0.2) is 0 Å². The molecule has 0 fully saturated rings.